The molecule has 0 saturated carbocycles. The van der Waals surface area contributed by atoms with Crippen molar-refractivity contribution in [1.29, 1.82) is 0 Å². The van der Waals surface area contributed by atoms with E-state index in [-0.39, 0.29) is 11.6 Å². The fraction of sp³-hybridized carbons (Fsp3) is 0.143. The molecule has 110 valence electrons. The van der Waals surface area contributed by atoms with E-state index >= 15 is 0 Å². The number of carbonyl (C=O) groups excluding carboxylic acids is 1. The first-order valence-electron chi connectivity index (χ1n) is 6.11. The summed E-state index contributed by atoms with van der Waals surface area (Å²) in [5.41, 5.74) is 0.938. The Morgan fingerprint density at radius 1 is 1.33 bits per heavy atom. The molecule has 3 N–H and O–H groups in total. The van der Waals surface area contributed by atoms with Gasteiger partial charge >= 0.3 is 12.0 Å². The number of thiophene rings is 1. The Morgan fingerprint density at radius 3 is 2.76 bits per heavy atom. The standard InChI is InChI=1S/C14H13ClN2O3S/c1-8(9-3-2-4-10(15)7-9)16-14(20)17-12-11(13(18)19)5-6-21-12/h2-8H,1H3,(H,18,19)(H2,16,17,20)/t8-/m0/s1. The van der Waals surface area contributed by atoms with Gasteiger partial charge in [-0.25, -0.2) is 9.59 Å². The van der Waals surface area contributed by atoms with Crippen LogP contribution in [0.1, 0.15) is 28.9 Å². The summed E-state index contributed by atoms with van der Waals surface area (Å²) < 4.78 is 0. The lowest BCUT2D eigenvalue weighted by atomic mass is 10.1. The molecule has 5 nitrogen and oxygen atoms in total. The van der Waals surface area contributed by atoms with Crippen molar-refractivity contribution in [2.75, 3.05) is 5.32 Å². The number of nitrogens with one attached hydrogen (secondary N) is 2. The minimum absolute atomic E-state index is 0.0746. The minimum atomic E-state index is -1.07. The summed E-state index contributed by atoms with van der Waals surface area (Å²) in [6.07, 6.45) is 0. The third-order valence-electron chi connectivity index (χ3n) is 2.82. The summed E-state index contributed by atoms with van der Waals surface area (Å²) in [7, 11) is 0. The first-order chi connectivity index (χ1) is 9.97. The number of rotatable bonds is 4. The molecule has 0 aliphatic carbocycles. The van der Waals surface area contributed by atoms with Crippen molar-refractivity contribution in [2.24, 2.45) is 0 Å². The van der Waals surface area contributed by atoms with Gasteiger partial charge in [-0.3, -0.25) is 5.32 Å². The topological polar surface area (TPSA) is 78.4 Å². The Kier molecular flexibility index (Phi) is 4.82. The Bertz CT molecular complexity index is 672. The molecule has 0 saturated heterocycles. The number of anilines is 1. The van der Waals surface area contributed by atoms with Crippen LogP contribution in [0.25, 0.3) is 0 Å². The highest BCUT2D eigenvalue weighted by Crippen LogP contribution is 2.23. The zero-order valence-electron chi connectivity index (χ0n) is 11.1. The lowest BCUT2D eigenvalue weighted by Gasteiger charge is -2.15. The monoisotopic (exact) mass is 324 g/mol. The summed E-state index contributed by atoms with van der Waals surface area (Å²) in [6.45, 7) is 1.82. The van der Waals surface area contributed by atoms with E-state index in [1.54, 1.807) is 23.6 Å². The first kappa shape index (κ1) is 15.3. The molecule has 1 aromatic heterocycles. The molecule has 1 aromatic carbocycles. The fourth-order valence-corrected chi connectivity index (χ4v) is 2.74. The van der Waals surface area contributed by atoms with Gasteiger partial charge in [0.05, 0.1) is 11.6 Å². The van der Waals surface area contributed by atoms with Crippen LogP contribution >= 0.6 is 22.9 Å². The quantitative estimate of drug-likeness (QED) is 0.796. The molecule has 2 rings (SSSR count). The van der Waals surface area contributed by atoms with Crippen LogP contribution < -0.4 is 10.6 Å². The SMILES string of the molecule is C[C@H](NC(=O)Nc1sccc1C(=O)O)c1cccc(Cl)c1. The predicted octanol–water partition coefficient (Wildman–Crippen LogP) is 3.98. The van der Waals surface area contributed by atoms with Crippen molar-refractivity contribution in [3.8, 4) is 0 Å². The van der Waals surface area contributed by atoms with E-state index in [9.17, 15) is 9.59 Å². The lowest BCUT2D eigenvalue weighted by Crippen LogP contribution is -2.31. The van der Waals surface area contributed by atoms with Crippen LogP contribution in [0.4, 0.5) is 9.80 Å². The van der Waals surface area contributed by atoms with Gasteiger partial charge in [0.2, 0.25) is 0 Å². The highest BCUT2D eigenvalue weighted by Gasteiger charge is 2.15. The maximum absolute atomic E-state index is 11.9. The van der Waals surface area contributed by atoms with Gasteiger partial charge in [-0.2, -0.15) is 0 Å². The van der Waals surface area contributed by atoms with Gasteiger partial charge in [0.25, 0.3) is 0 Å². The van der Waals surface area contributed by atoms with E-state index in [0.717, 1.165) is 16.9 Å². The van der Waals surface area contributed by atoms with Gasteiger partial charge in [-0.1, -0.05) is 23.7 Å². The van der Waals surface area contributed by atoms with Gasteiger partial charge in [0.1, 0.15) is 5.00 Å². The molecule has 0 spiro atoms. The Balaban J connectivity index is 2.01. The summed E-state index contributed by atoms with van der Waals surface area (Å²) in [5.74, 6) is -1.07. The number of carboxylic acids is 1. The molecule has 0 aliphatic heterocycles. The minimum Gasteiger partial charge on any atom is -0.478 e. The Labute approximate surface area is 130 Å². The van der Waals surface area contributed by atoms with Crippen molar-refractivity contribution in [3.63, 3.8) is 0 Å². The average Bonchev–Trinajstić information content (AvgIpc) is 2.86. The van der Waals surface area contributed by atoms with Crippen LogP contribution in [0.15, 0.2) is 35.7 Å². The van der Waals surface area contributed by atoms with Crippen molar-refractivity contribution in [2.45, 2.75) is 13.0 Å². The molecule has 0 bridgehead atoms. The second-order valence-corrected chi connectivity index (χ2v) is 5.70. The number of hydrogen-bond donors (Lipinski definition) is 3. The van der Waals surface area contributed by atoms with E-state index in [4.69, 9.17) is 16.7 Å². The van der Waals surface area contributed by atoms with E-state index in [1.807, 2.05) is 13.0 Å². The van der Waals surface area contributed by atoms with Gasteiger partial charge in [-0.15, -0.1) is 11.3 Å². The lowest BCUT2D eigenvalue weighted by molar-refractivity contribution is 0.0698. The van der Waals surface area contributed by atoms with Crippen LogP contribution in [0.3, 0.4) is 0 Å². The van der Waals surface area contributed by atoms with Gasteiger partial charge < -0.3 is 10.4 Å². The zero-order chi connectivity index (χ0) is 15.4. The number of carboxylic acid groups (broad SMARTS) is 1. The molecular formula is C14H13ClN2O3S. The normalized spacial score (nSPS) is 11.7. The second-order valence-electron chi connectivity index (χ2n) is 4.34. The Morgan fingerprint density at radius 2 is 2.10 bits per heavy atom. The summed E-state index contributed by atoms with van der Waals surface area (Å²) in [4.78, 5) is 22.9. The number of carbonyl (C=O) groups is 2. The number of urea groups is 1. The van der Waals surface area contributed by atoms with Gasteiger partial charge in [-0.05, 0) is 36.1 Å². The molecule has 21 heavy (non-hydrogen) atoms. The fourth-order valence-electron chi connectivity index (χ4n) is 1.77. The highest BCUT2D eigenvalue weighted by molar-refractivity contribution is 7.14. The van der Waals surface area contributed by atoms with E-state index in [0.29, 0.717) is 10.0 Å². The average molecular weight is 325 g/mol. The number of hydrogen-bond acceptors (Lipinski definition) is 3. The molecule has 0 unspecified atom stereocenters. The summed E-state index contributed by atoms with van der Waals surface area (Å²) in [5, 5.41) is 16.8. The van der Waals surface area contributed by atoms with Gasteiger partial charge in [0.15, 0.2) is 0 Å². The summed E-state index contributed by atoms with van der Waals surface area (Å²) in [6, 6.07) is 7.90. The number of benzene rings is 1. The third kappa shape index (κ3) is 3.96. The zero-order valence-corrected chi connectivity index (χ0v) is 12.7. The van der Waals surface area contributed by atoms with Crippen molar-refractivity contribution in [3.05, 3.63) is 51.9 Å². The second kappa shape index (κ2) is 6.60. The molecule has 1 heterocycles. The number of aromatic carboxylic acids is 1. The smallest absolute Gasteiger partial charge is 0.338 e. The van der Waals surface area contributed by atoms with Crippen LogP contribution in [0, 0.1) is 0 Å². The largest absolute Gasteiger partial charge is 0.478 e. The van der Waals surface area contributed by atoms with Crippen molar-refractivity contribution < 1.29 is 14.7 Å². The van der Waals surface area contributed by atoms with Crippen LogP contribution in [0.5, 0.6) is 0 Å². The Hall–Kier alpha value is -2.05. The van der Waals surface area contributed by atoms with E-state index in [2.05, 4.69) is 10.6 Å². The van der Waals surface area contributed by atoms with Gasteiger partial charge in [0, 0.05) is 5.02 Å². The molecular weight excluding hydrogens is 312 g/mol. The molecule has 0 aliphatic rings. The number of halogens is 1. The maximum Gasteiger partial charge on any atom is 0.338 e. The number of amides is 2. The molecule has 0 fully saturated rings. The maximum atomic E-state index is 11.9. The third-order valence-corrected chi connectivity index (χ3v) is 3.88. The molecule has 1 atom stereocenters. The van der Waals surface area contributed by atoms with E-state index < -0.39 is 12.0 Å². The molecule has 2 aromatic rings. The van der Waals surface area contributed by atoms with E-state index in [1.165, 1.54) is 6.07 Å². The van der Waals surface area contributed by atoms with Crippen molar-refractivity contribution in [1.82, 2.24) is 5.32 Å². The van der Waals surface area contributed by atoms with Crippen LogP contribution in [-0.2, 0) is 0 Å². The van der Waals surface area contributed by atoms with Crippen LogP contribution in [0.2, 0.25) is 5.02 Å². The summed E-state index contributed by atoms with van der Waals surface area (Å²) >= 11 is 7.06. The first-order valence-corrected chi connectivity index (χ1v) is 7.37. The predicted molar refractivity (Wildman–Crippen MR) is 83.3 cm³/mol. The molecule has 7 heteroatoms. The highest BCUT2D eigenvalue weighted by atomic mass is 35.5. The van der Waals surface area contributed by atoms with Crippen molar-refractivity contribution >= 4 is 39.9 Å². The molecule has 2 amide bonds. The molecule has 0 radical (unpaired) electrons. The van der Waals surface area contributed by atoms with Crippen LogP contribution in [-0.4, -0.2) is 17.1 Å².